The summed E-state index contributed by atoms with van der Waals surface area (Å²) in [6, 6.07) is 0. The quantitative estimate of drug-likeness (QED) is 0.0261. The SMILES string of the molecule is CC/C=C\C/C=C\C/C=C\C/C=C\C/C=C\C/C=C\C/C=C\C/C=C\C/C=C\CCCCCC(=O)OCC(COC(=O)CCCCCCCCCC)OC(=O)CCCCCCCCC/C=C\C/C=C\CCCCC. The number of carbonyl (C=O) groups is 3. The smallest absolute Gasteiger partial charge is 0.306 e. The van der Waals surface area contributed by atoms with Crippen molar-refractivity contribution >= 4 is 17.9 Å². The minimum Gasteiger partial charge on any atom is -0.462 e. The molecule has 418 valence electrons. The largest absolute Gasteiger partial charge is 0.462 e. The van der Waals surface area contributed by atoms with Gasteiger partial charge in [-0.15, -0.1) is 0 Å². The predicted octanol–water partition coefficient (Wildman–Crippen LogP) is 20.6. The highest BCUT2D eigenvalue weighted by Gasteiger charge is 2.19. The molecule has 74 heavy (non-hydrogen) atoms. The summed E-state index contributed by atoms with van der Waals surface area (Å²) in [5, 5.41) is 0. The Kier molecular flexibility index (Phi) is 57.4. The van der Waals surface area contributed by atoms with E-state index in [4.69, 9.17) is 14.2 Å². The van der Waals surface area contributed by atoms with Gasteiger partial charge in [0.25, 0.3) is 0 Å². The maximum Gasteiger partial charge on any atom is 0.306 e. The summed E-state index contributed by atoms with van der Waals surface area (Å²) in [5.74, 6) is -0.944. The topological polar surface area (TPSA) is 78.9 Å². The summed E-state index contributed by atoms with van der Waals surface area (Å²) >= 11 is 0. The van der Waals surface area contributed by atoms with Crippen LogP contribution in [0.2, 0.25) is 0 Å². The van der Waals surface area contributed by atoms with Crippen LogP contribution >= 0.6 is 0 Å². The fourth-order valence-electron chi connectivity index (χ4n) is 7.88. The van der Waals surface area contributed by atoms with Crippen LogP contribution in [0.4, 0.5) is 0 Å². The number of ether oxygens (including phenoxy) is 3. The molecule has 0 saturated heterocycles. The van der Waals surface area contributed by atoms with E-state index in [2.05, 4.69) is 154 Å². The van der Waals surface area contributed by atoms with Crippen LogP contribution in [-0.2, 0) is 28.6 Å². The van der Waals surface area contributed by atoms with E-state index < -0.39 is 6.10 Å². The van der Waals surface area contributed by atoms with Crippen LogP contribution in [0, 0.1) is 0 Å². The second-order valence-electron chi connectivity index (χ2n) is 19.5. The molecule has 0 aromatic carbocycles. The van der Waals surface area contributed by atoms with Crippen LogP contribution in [0.15, 0.2) is 134 Å². The molecule has 1 unspecified atom stereocenters. The number of esters is 3. The molecule has 0 radical (unpaired) electrons. The second kappa shape index (κ2) is 61.1. The molecule has 6 nitrogen and oxygen atoms in total. The summed E-state index contributed by atoms with van der Waals surface area (Å²) < 4.78 is 16.8. The molecule has 0 N–H and O–H groups in total. The van der Waals surface area contributed by atoms with Crippen LogP contribution in [0.1, 0.15) is 258 Å². The summed E-state index contributed by atoms with van der Waals surface area (Å²) in [7, 11) is 0. The van der Waals surface area contributed by atoms with Crippen molar-refractivity contribution in [2.75, 3.05) is 13.2 Å². The van der Waals surface area contributed by atoms with Crippen molar-refractivity contribution in [3.8, 4) is 0 Å². The van der Waals surface area contributed by atoms with E-state index in [1.165, 1.54) is 83.5 Å². The van der Waals surface area contributed by atoms with E-state index in [0.717, 1.165) is 135 Å². The molecule has 0 aromatic rings. The lowest BCUT2D eigenvalue weighted by molar-refractivity contribution is -0.167. The first-order valence-corrected chi connectivity index (χ1v) is 30.2. The van der Waals surface area contributed by atoms with Crippen LogP contribution in [0.5, 0.6) is 0 Å². The maximum absolute atomic E-state index is 12.8. The van der Waals surface area contributed by atoms with Crippen molar-refractivity contribution in [2.24, 2.45) is 0 Å². The summed E-state index contributed by atoms with van der Waals surface area (Å²) in [4.78, 5) is 38.0. The Morgan fingerprint density at radius 2 is 0.527 bits per heavy atom. The standard InChI is InChI=1S/C68H110O6/c1-4-7-10-13-16-19-21-23-25-27-28-29-30-31-32-33-34-35-36-37-38-39-40-42-43-45-47-49-52-55-58-61-67(70)73-64-65(63-72-66(69)60-57-54-51-18-15-12-9-6-3)74-68(71)62-59-56-53-50-48-46-44-41-26-24-22-20-17-14-11-8-5-2/h7,10,16-17,19-20,23-26,28-29,31-32,34-35,37-38,40,42,45,47,65H,4-6,8-9,11-15,18,21-22,27,30,33,36,39,41,43-44,46,48-64H2,1-3H3/b10-7-,19-16-,20-17-,25-23-,26-24-,29-28-,32-31-,35-34-,38-37-,42-40-,47-45-. The van der Waals surface area contributed by atoms with Gasteiger partial charge in [0, 0.05) is 19.3 Å². The minimum atomic E-state index is -0.798. The Hall–Kier alpha value is -4.45. The number of rotatable bonds is 53. The first-order chi connectivity index (χ1) is 36.5. The molecule has 6 heteroatoms. The number of hydrogen-bond acceptors (Lipinski definition) is 6. The number of unbranched alkanes of at least 4 members (excludes halogenated alkanes) is 20. The third-order valence-corrected chi connectivity index (χ3v) is 12.4. The summed E-state index contributed by atoms with van der Waals surface area (Å²) in [5.41, 5.74) is 0. The lowest BCUT2D eigenvalue weighted by Gasteiger charge is -2.18. The van der Waals surface area contributed by atoms with Gasteiger partial charge in [0.15, 0.2) is 6.10 Å². The van der Waals surface area contributed by atoms with Gasteiger partial charge in [0.2, 0.25) is 0 Å². The molecule has 0 spiro atoms. The molecule has 0 heterocycles. The van der Waals surface area contributed by atoms with Gasteiger partial charge in [0.05, 0.1) is 0 Å². The third-order valence-electron chi connectivity index (χ3n) is 12.4. The Morgan fingerprint density at radius 1 is 0.284 bits per heavy atom. The lowest BCUT2D eigenvalue weighted by atomic mass is 10.1. The molecular formula is C68H110O6. The van der Waals surface area contributed by atoms with E-state index in [1.54, 1.807) is 0 Å². The van der Waals surface area contributed by atoms with Crippen LogP contribution < -0.4 is 0 Å². The molecule has 0 aromatic heterocycles. The van der Waals surface area contributed by atoms with Crippen molar-refractivity contribution in [3.63, 3.8) is 0 Å². The molecule has 0 bridgehead atoms. The van der Waals surface area contributed by atoms with E-state index in [-0.39, 0.29) is 31.1 Å². The Labute approximate surface area is 455 Å². The molecule has 0 aliphatic carbocycles. The molecule has 0 fully saturated rings. The van der Waals surface area contributed by atoms with Crippen molar-refractivity contribution in [2.45, 2.75) is 264 Å². The fourth-order valence-corrected chi connectivity index (χ4v) is 7.88. The third kappa shape index (κ3) is 58.4. The zero-order valence-corrected chi connectivity index (χ0v) is 47.8. The molecule has 1 atom stereocenters. The highest BCUT2D eigenvalue weighted by Crippen LogP contribution is 2.14. The molecular weight excluding hydrogens is 913 g/mol. The molecule has 0 rings (SSSR count). The normalized spacial score (nSPS) is 13.1. The highest BCUT2D eigenvalue weighted by atomic mass is 16.6. The Balaban J connectivity index is 4.30. The minimum absolute atomic E-state index is 0.0941. The summed E-state index contributed by atoms with van der Waals surface area (Å²) in [6.07, 6.45) is 86.0. The number of allylic oxidation sites excluding steroid dienone is 22. The van der Waals surface area contributed by atoms with Gasteiger partial charge in [-0.2, -0.15) is 0 Å². The van der Waals surface area contributed by atoms with E-state index in [0.29, 0.717) is 19.3 Å². The average molecular weight is 1020 g/mol. The van der Waals surface area contributed by atoms with E-state index >= 15 is 0 Å². The van der Waals surface area contributed by atoms with E-state index in [9.17, 15) is 14.4 Å². The van der Waals surface area contributed by atoms with Gasteiger partial charge in [-0.25, -0.2) is 0 Å². The van der Waals surface area contributed by atoms with Gasteiger partial charge < -0.3 is 14.2 Å². The lowest BCUT2D eigenvalue weighted by Crippen LogP contribution is -2.30. The van der Waals surface area contributed by atoms with Gasteiger partial charge in [-0.05, 0) is 122 Å². The average Bonchev–Trinajstić information content (AvgIpc) is 3.40. The Bertz CT molecular complexity index is 1600. The van der Waals surface area contributed by atoms with Crippen LogP contribution in [0.25, 0.3) is 0 Å². The van der Waals surface area contributed by atoms with E-state index in [1.807, 2.05) is 0 Å². The first kappa shape index (κ1) is 69.5. The zero-order valence-electron chi connectivity index (χ0n) is 47.8. The fraction of sp³-hybridized carbons (Fsp3) is 0.632. The summed E-state index contributed by atoms with van der Waals surface area (Å²) in [6.45, 7) is 6.43. The van der Waals surface area contributed by atoms with Crippen molar-refractivity contribution in [3.05, 3.63) is 134 Å². The molecule has 0 saturated carbocycles. The highest BCUT2D eigenvalue weighted by molar-refractivity contribution is 5.71. The number of hydrogen-bond donors (Lipinski definition) is 0. The van der Waals surface area contributed by atoms with Crippen molar-refractivity contribution < 1.29 is 28.6 Å². The monoisotopic (exact) mass is 1020 g/mol. The van der Waals surface area contributed by atoms with Crippen molar-refractivity contribution in [1.82, 2.24) is 0 Å². The van der Waals surface area contributed by atoms with Gasteiger partial charge in [0.1, 0.15) is 13.2 Å². The first-order valence-electron chi connectivity index (χ1n) is 30.2. The second-order valence-corrected chi connectivity index (χ2v) is 19.5. The van der Waals surface area contributed by atoms with Crippen LogP contribution in [0.3, 0.4) is 0 Å². The van der Waals surface area contributed by atoms with Gasteiger partial charge >= 0.3 is 17.9 Å². The molecule has 0 aliphatic rings. The molecule has 0 aliphatic heterocycles. The maximum atomic E-state index is 12.8. The van der Waals surface area contributed by atoms with Gasteiger partial charge in [-0.1, -0.05) is 251 Å². The Morgan fingerprint density at radius 3 is 0.865 bits per heavy atom. The number of carbonyl (C=O) groups excluding carboxylic acids is 3. The van der Waals surface area contributed by atoms with Gasteiger partial charge in [-0.3, -0.25) is 14.4 Å². The van der Waals surface area contributed by atoms with Crippen molar-refractivity contribution in [1.29, 1.82) is 0 Å². The van der Waals surface area contributed by atoms with Crippen LogP contribution in [-0.4, -0.2) is 37.2 Å². The molecule has 0 amide bonds. The zero-order chi connectivity index (χ0) is 53.6. The predicted molar refractivity (Wildman–Crippen MR) is 320 cm³/mol.